The molecule has 1 N–H and O–H groups in total. The van der Waals surface area contributed by atoms with E-state index in [1.807, 2.05) is 11.6 Å². The third-order valence-electron chi connectivity index (χ3n) is 5.35. The molecule has 2 aliphatic carbocycles. The summed E-state index contributed by atoms with van der Waals surface area (Å²) >= 11 is 1.32. The van der Waals surface area contributed by atoms with Crippen molar-refractivity contribution in [1.29, 1.82) is 0 Å². The highest BCUT2D eigenvalue weighted by Crippen LogP contribution is 2.39. The normalized spacial score (nSPS) is 15.0. The lowest BCUT2D eigenvalue weighted by Crippen LogP contribution is -2.21. The highest BCUT2D eigenvalue weighted by Gasteiger charge is 2.30. The molecular weight excluding hydrogens is 400 g/mol. The number of anilines is 1. The number of ketones is 2. The van der Waals surface area contributed by atoms with Crippen LogP contribution in [0.2, 0.25) is 0 Å². The first-order valence-electron chi connectivity index (χ1n) is 9.67. The molecule has 0 saturated heterocycles. The SMILES string of the molecule is Cn1c(SCC(=O)Nc2ccc3c(c2)C(=O)c2ccccc2C3=O)nnc1C1CC1. The highest BCUT2D eigenvalue weighted by atomic mass is 32.2. The predicted molar refractivity (Wildman–Crippen MR) is 112 cm³/mol. The van der Waals surface area contributed by atoms with Crippen LogP contribution in [0.4, 0.5) is 5.69 Å². The predicted octanol–water partition coefficient (Wildman–Crippen LogP) is 3.20. The van der Waals surface area contributed by atoms with Crippen molar-refractivity contribution in [2.75, 3.05) is 11.1 Å². The van der Waals surface area contributed by atoms with Crippen molar-refractivity contribution in [3.05, 3.63) is 70.5 Å². The number of rotatable bonds is 5. The Labute approximate surface area is 176 Å². The first-order chi connectivity index (χ1) is 14.5. The van der Waals surface area contributed by atoms with Crippen LogP contribution in [0.15, 0.2) is 47.6 Å². The standard InChI is InChI=1S/C22H18N4O3S/c1-26-21(12-6-7-12)24-25-22(26)30-11-18(27)23-13-8-9-16-17(10-13)20(29)15-5-3-2-4-14(15)19(16)28/h2-5,8-10,12H,6-7,11H2,1H3,(H,23,27). The first kappa shape index (κ1) is 18.7. The van der Waals surface area contributed by atoms with E-state index in [1.165, 1.54) is 11.8 Å². The minimum atomic E-state index is -0.217. The maximum absolute atomic E-state index is 12.8. The van der Waals surface area contributed by atoms with Crippen LogP contribution in [-0.4, -0.2) is 38.0 Å². The number of nitrogens with one attached hydrogen (secondary N) is 1. The van der Waals surface area contributed by atoms with E-state index in [2.05, 4.69) is 15.5 Å². The Balaban J connectivity index is 1.29. The van der Waals surface area contributed by atoms with Crippen molar-refractivity contribution < 1.29 is 14.4 Å². The zero-order valence-corrected chi connectivity index (χ0v) is 17.0. The summed E-state index contributed by atoms with van der Waals surface area (Å²) in [4.78, 5) is 37.9. The van der Waals surface area contributed by atoms with E-state index in [-0.39, 0.29) is 23.2 Å². The van der Waals surface area contributed by atoms with Gasteiger partial charge in [0.15, 0.2) is 16.7 Å². The van der Waals surface area contributed by atoms with E-state index in [0.29, 0.717) is 39.0 Å². The Hall–Kier alpha value is -3.26. The Kier molecular flexibility index (Phi) is 4.51. The molecular formula is C22H18N4O3S. The second-order valence-corrected chi connectivity index (χ2v) is 8.42. The van der Waals surface area contributed by atoms with E-state index in [9.17, 15) is 14.4 Å². The van der Waals surface area contributed by atoms with Gasteiger partial charge in [0.1, 0.15) is 5.82 Å². The van der Waals surface area contributed by atoms with Gasteiger partial charge in [0, 0.05) is 40.9 Å². The smallest absolute Gasteiger partial charge is 0.234 e. The van der Waals surface area contributed by atoms with Gasteiger partial charge in [-0.3, -0.25) is 14.4 Å². The molecule has 150 valence electrons. The van der Waals surface area contributed by atoms with Crippen LogP contribution < -0.4 is 5.32 Å². The molecule has 0 bridgehead atoms. The van der Waals surface area contributed by atoms with Crippen molar-refractivity contribution >= 4 is 34.9 Å². The summed E-state index contributed by atoms with van der Waals surface area (Å²) in [5.41, 5.74) is 1.96. The van der Waals surface area contributed by atoms with Crippen molar-refractivity contribution in [2.24, 2.45) is 7.05 Å². The molecule has 30 heavy (non-hydrogen) atoms. The zero-order valence-electron chi connectivity index (χ0n) is 16.2. The summed E-state index contributed by atoms with van der Waals surface area (Å²) in [6.07, 6.45) is 2.28. The monoisotopic (exact) mass is 418 g/mol. The van der Waals surface area contributed by atoms with Gasteiger partial charge < -0.3 is 9.88 Å². The number of benzene rings is 2. The van der Waals surface area contributed by atoms with Crippen LogP contribution in [0.25, 0.3) is 0 Å². The molecule has 1 fully saturated rings. The van der Waals surface area contributed by atoms with Crippen molar-refractivity contribution in [2.45, 2.75) is 23.9 Å². The Morgan fingerprint density at radius 1 is 1.03 bits per heavy atom. The van der Waals surface area contributed by atoms with Gasteiger partial charge in [0.25, 0.3) is 0 Å². The molecule has 1 saturated carbocycles. The van der Waals surface area contributed by atoms with Crippen molar-refractivity contribution in [3.8, 4) is 0 Å². The van der Waals surface area contributed by atoms with Gasteiger partial charge in [-0.05, 0) is 31.0 Å². The first-order valence-corrected chi connectivity index (χ1v) is 10.7. The lowest BCUT2D eigenvalue weighted by atomic mass is 9.84. The maximum Gasteiger partial charge on any atom is 0.234 e. The van der Waals surface area contributed by atoms with Gasteiger partial charge in [-0.15, -0.1) is 10.2 Å². The molecule has 5 rings (SSSR count). The minimum Gasteiger partial charge on any atom is -0.325 e. The molecule has 0 spiro atoms. The lowest BCUT2D eigenvalue weighted by Gasteiger charge is -2.18. The summed E-state index contributed by atoms with van der Waals surface area (Å²) in [6, 6.07) is 11.6. The summed E-state index contributed by atoms with van der Waals surface area (Å²) in [6.45, 7) is 0. The van der Waals surface area contributed by atoms with E-state index in [1.54, 1.807) is 42.5 Å². The fraction of sp³-hybridized carbons (Fsp3) is 0.227. The van der Waals surface area contributed by atoms with E-state index in [4.69, 9.17) is 0 Å². The van der Waals surface area contributed by atoms with Crippen LogP contribution in [0.5, 0.6) is 0 Å². The van der Waals surface area contributed by atoms with Gasteiger partial charge in [0.05, 0.1) is 5.75 Å². The average Bonchev–Trinajstić information content (AvgIpc) is 3.53. The molecule has 8 heteroatoms. The van der Waals surface area contributed by atoms with Crippen LogP contribution in [0.3, 0.4) is 0 Å². The van der Waals surface area contributed by atoms with Crippen LogP contribution in [0.1, 0.15) is 56.4 Å². The number of hydrogen-bond donors (Lipinski definition) is 1. The Bertz CT molecular complexity index is 1210. The summed E-state index contributed by atoms with van der Waals surface area (Å²) in [7, 11) is 1.91. The number of nitrogens with zero attached hydrogens (tertiary/aromatic N) is 3. The van der Waals surface area contributed by atoms with Gasteiger partial charge in [0.2, 0.25) is 5.91 Å². The van der Waals surface area contributed by atoms with Crippen molar-refractivity contribution in [3.63, 3.8) is 0 Å². The molecule has 0 atom stereocenters. The number of carbonyl (C=O) groups is 3. The summed E-state index contributed by atoms with van der Waals surface area (Å²) in [5, 5.41) is 11.9. The van der Waals surface area contributed by atoms with Crippen LogP contribution in [-0.2, 0) is 11.8 Å². The number of fused-ring (bicyclic) bond motifs is 2. The molecule has 2 aromatic carbocycles. The second kappa shape index (κ2) is 7.21. The van der Waals surface area contributed by atoms with Gasteiger partial charge in [-0.1, -0.05) is 36.0 Å². The molecule has 0 radical (unpaired) electrons. The van der Waals surface area contributed by atoms with Gasteiger partial charge in [-0.2, -0.15) is 0 Å². The van der Waals surface area contributed by atoms with E-state index < -0.39 is 0 Å². The number of aromatic nitrogens is 3. The molecule has 1 aromatic heterocycles. The molecule has 0 aliphatic heterocycles. The van der Waals surface area contributed by atoms with Gasteiger partial charge >= 0.3 is 0 Å². The fourth-order valence-corrected chi connectivity index (χ4v) is 4.37. The van der Waals surface area contributed by atoms with Crippen LogP contribution in [0, 0.1) is 0 Å². The topological polar surface area (TPSA) is 94.0 Å². The zero-order chi connectivity index (χ0) is 20.8. The molecule has 1 amide bonds. The quantitative estimate of drug-likeness (QED) is 0.500. The molecule has 2 aliphatic rings. The van der Waals surface area contributed by atoms with E-state index >= 15 is 0 Å². The Morgan fingerprint density at radius 3 is 2.40 bits per heavy atom. The summed E-state index contributed by atoms with van der Waals surface area (Å²) < 4.78 is 1.94. The largest absolute Gasteiger partial charge is 0.325 e. The van der Waals surface area contributed by atoms with E-state index in [0.717, 1.165) is 18.7 Å². The number of carbonyl (C=O) groups excluding carboxylic acids is 3. The molecule has 3 aromatic rings. The van der Waals surface area contributed by atoms with Crippen molar-refractivity contribution in [1.82, 2.24) is 14.8 Å². The molecule has 0 unspecified atom stereocenters. The summed E-state index contributed by atoms with van der Waals surface area (Å²) in [5.74, 6) is 1.02. The second-order valence-electron chi connectivity index (χ2n) is 7.48. The number of amides is 1. The Morgan fingerprint density at radius 2 is 1.70 bits per heavy atom. The fourth-order valence-electron chi connectivity index (χ4n) is 3.65. The lowest BCUT2D eigenvalue weighted by molar-refractivity contribution is -0.113. The highest BCUT2D eigenvalue weighted by molar-refractivity contribution is 7.99. The molecule has 7 nitrogen and oxygen atoms in total. The minimum absolute atomic E-state index is 0.170. The molecule has 1 heterocycles. The van der Waals surface area contributed by atoms with Crippen LogP contribution >= 0.6 is 11.8 Å². The van der Waals surface area contributed by atoms with Gasteiger partial charge in [-0.25, -0.2) is 0 Å². The average molecular weight is 418 g/mol. The maximum atomic E-state index is 12.8. The third-order valence-corrected chi connectivity index (χ3v) is 6.37. The third kappa shape index (κ3) is 3.23. The number of hydrogen-bond acceptors (Lipinski definition) is 6. The number of thioether (sulfide) groups is 1.